The van der Waals surface area contributed by atoms with E-state index >= 15 is 0 Å². The number of hydrogen-bond acceptors (Lipinski definition) is 6. The third-order valence-corrected chi connectivity index (χ3v) is 4.50. The Balaban J connectivity index is 2.25. The monoisotopic (exact) mass is 362 g/mol. The van der Waals surface area contributed by atoms with E-state index in [-0.39, 0.29) is 18.1 Å². The number of ether oxygens (including phenoxy) is 2. The Hall–Kier alpha value is -2.41. The van der Waals surface area contributed by atoms with Crippen LogP contribution in [0.25, 0.3) is 0 Å². The van der Waals surface area contributed by atoms with Crippen molar-refractivity contribution in [3.05, 3.63) is 33.8 Å². The van der Waals surface area contributed by atoms with Crippen LogP contribution in [-0.2, 0) is 11.2 Å². The van der Waals surface area contributed by atoms with Gasteiger partial charge in [-0.1, -0.05) is 13.8 Å². The number of aromatic nitrogens is 1. The van der Waals surface area contributed by atoms with Gasteiger partial charge >= 0.3 is 0 Å². The minimum Gasteiger partial charge on any atom is -0.497 e. The summed E-state index contributed by atoms with van der Waals surface area (Å²) in [6.07, 6.45) is 0.147. The number of rotatable bonds is 7. The predicted octanol–water partition coefficient (Wildman–Crippen LogP) is 3.67. The number of amides is 1. The van der Waals surface area contributed by atoms with Crippen molar-refractivity contribution in [2.75, 3.05) is 19.5 Å². The SMILES string of the molecule is COc1cc(NC(=O)Cc2nc(C(C)C)cs2)c(C(C)=O)c(OC)c1. The van der Waals surface area contributed by atoms with Crippen molar-refractivity contribution in [3.63, 3.8) is 0 Å². The molecule has 0 spiro atoms. The fourth-order valence-electron chi connectivity index (χ4n) is 2.33. The average molecular weight is 362 g/mol. The molecule has 1 N–H and O–H groups in total. The van der Waals surface area contributed by atoms with Crippen molar-refractivity contribution in [3.8, 4) is 11.5 Å². The zero-order chi connectivity index (χ0) is 18.6. The summed E-state index contributed by atoms with van der Waals surface area (Å²) in [7, 11) is 2.98. The van der Waals surface area contributed by atoms with E-state index < -0.39 is 0 Å². The van der Waals surface area contributed by atoms with Gasteiger partial charge in [-0.15, -0.1) is 11.3 Å². The van der Waals surface area contributed by atoms with Gasteiger partial charge in [0.2, 0.25) is 5.91 Å². The van der Waals surface area contributed by atoms with Gasteiger partial charge in [-0.3, -0.25) is 9.59 Å². The molecule has 1 amide bonds. The van der Waals surface area contributed by atoms with Crippen LogP contribution in [0.5, 0.6) is 11.5 Å². The third kappa shape index (κ3) is 4.57. The summed E-state index contributed by atoms with van der Waals surface area (Å²) in [5.74, 6) is 0.723. The normalized spacial score (nSPS) is 10.6. The summed E-state index contributed by atoms with van der Waals surface area (Å²) in [6.45, 7) is 5.54. The fraction of sp³-hybridized carbons (Fsp3) is 0.389. The minimum absolute atomic E-state index is 0.147. The van der Waals surface area contributed by atoms with Crippen LogP contribution < -0.4 is 14.8 Å². The van der Waals surface area contributed by atoms with Crippen LogP contribution in [0.1, 0.15) is 47.7 Å². The number of nitrogens with one attached hydrogen (secondary N) is 1. The highest BCUT2D eigenvalue weighted by Crippen LogP contribution is 2.33. The summed E-state index contributed by atoms with van der Waals surface area (Å²) in [4.78, 5) is 28.8. The Morgan fingerprint density at radius 2 is 1.96 bits per heavy atom. The number of anilines is 1. The van der Waals surface area contributed by atoms with Gasteiger partial charge in [-0.2, -0.15) is 0 Å². The molecule has 1 heterocycles. The van der Waals surface area contributed by atoms with E-state index in [1.807, 2.05) is 5.38 Å². The molecular formula is C18H22N2O4S. The predicted molar refractivity (Wildman–Crippen MR) is 98.1 cm³/mol. The van der Waals surface area contributed by atoms with Crippen molar-refractivity contribution in [2.24, 2.45) is 0 Å². The second kappa shape index (κ2) is 8.11. The Morgan fingerprint density at radius 3 is 2.48 bits per heavy atom. The van der Waals surface area contributed by atoms with Gasteiger partial charge in [0.05, 0.1) is 37.6 Å². The van der Waals surface area contributed by atoms with Crippen molar-refractivity contribution in [1.29, 1.82) is 0 Å². The molecule has 7 heteroatoms. The Labute approximate surface area is 151 Å². The van der Waals surface area contributed by atoms with Crippen molar-refractivity contribution >= 4 is 28.7 Å². The van der Waals surface area contributed by atoms with Crippen molar-refractivity contribution < 1.29 is 19.1 Å². The second-order valence-electron chi connectivity index (χ2n) is 5.85. The lowest BCUT2D eigenvalue weighted by Crippen LogP contribution is -2.17. The third-order valence-electron chi connectivity index (χ3n) is 3.63. The molecule has 1 aromatic carbocycles. The molecule has 25 heavy (non-hydrogen) atoms. The van der Waals surface area contributed by atoms with Gasteiger partial charge in [0.1, 0.15) is 16.5 Å². The topological polar surface area (TPSA) is 77.5 Å². The smallest absolute Gasteiger partial charge is 0.231 e. The maximum atomic E-state index is 12.4. The van der Waals surface area contributed by atoms with Crippen LogP contribution in [0, 0.1) is 0 Å². The molecule has 0 aliphatic carbocycles. The van der Waals surface area contributed by atoms with E-state index in [4.69, 9.17) is 9.47 Å². The summed E-state index contributed by atoms with van der Waals surface area (Å²) in [5, 5.41) is 5.47. The number of carbonyl (C=O) groups is 2. The Kier molecular flexibility index (Phi) is 6.14. The highest BCUT2D eigenvalue weighted by Gasteiger charge is 2.19. The first kappa shape index (κ1) is 18.9. The van der Waals surface area contributed by atoms with Gasteiger partial charge in [-0.25, -0.2) is 4.98 Å². The van der Waals surface area contributed by atoms with Crippen LogP contribution in [0.2, 0.25) is 0 Å². The van der Waals surface area contributed by atoms with Gasteiger partial charge in [-0.05, 0) is 12.8 Å². The fourth-order valence-corrected chi connectivity index (χ4v) is 3.29. The van der Waals surface area contributed by atoms with E-state index in [0.29, 0.717) is 28.7 Å². The van der Waals surface area contributed by atoms with Crippen molar-refractivity contribution in [1.82, 2.24) is 4.98 Å². The standard InChI is InChI=1S/C18H22N2O4S/c1-10(2)14-9-25-17(20-14)8-16(22)19-13-6-12(23-4)7-15(24-5)18(13)11(3)21/h6-7,9-10H,8H2,1-5H3,(H,19,22). The zero-order valence-corrected chi connectivity index (χ0v) is 15.8. The number of thiazole rings is 1. The minimum atomic E-state index is -0.248. The van der Waals surface area contributed by atoms with Gasteiger partial charge in [0.15, 0.2) is 5.78 Å². The van der Waals surface area contributed by atoms with Gasteiger partial charge in [0, 0.05) is 17.5 Å². The van der Waals surface area contributed by atoms with E-state index in [2.05, 4.69) is 24.1 Å². The molecule has 0 saturated carbocycles. The molecular weight excluding hydrogens is 340 g/mol. The number of ketones is 1. The van der Waals surface area contributed by atoms with Gasteiger partial charge in [0.25, 0.3) is 0 Å². The summed E-state index contributed by atoms with van der Waals surface area (Å²) >= 11 is 1.45. The highest BCUT2D eigenvalue weighted by atomic mass is 32.1. The number of hydrogen-bond donors (Lipinski definition) is 1. The number of Topliss-reactive ketones (excluding diaryl/α,β-unsaturated/α-hetero) is 1. The molecule has 0 saturated heterocycles. The van der Waals surface area contributed by atoms with E-state index in [1.165, 1.54) is 32.5 Å². The molecule has 2 rings (SSSR count). The maximum absolute atomic E-state index is 12.4. The summed E-state index contributed by atoms with van der Waals surface area (Å²) in [5.41, 5.74) is 1.66. The molecule has 0 unspecified atom stereocenters. The largest absolute Gasteiger partial charge is 0.497 e. The summed E-state index contributed by atoms with van der Waals surface area (Å²) in [6, 6.07) is 3.22. The van der Waals surface area contributed by atoms with Crippen LogP contribution in [0.15, 0.2) is 17.5 Å². The Bertz CT molecular complexity index is 783. The molecule has 1 aromatic heterocycles. The van der Waals surface area contributed by atoms with E-state index in [0.717, 1.165) is 10.7 Å². The molecule has 0 aliphatic heterocycles. The Morgan fingerprint density at radius 1 is 1.24 bits per heavy atom. The van der Waals surface area contributed by atoms with Crippen LogP contribution in [0.4, 0.5) is 5.69 Å². The zero-order valence-electron chi connectivity index (χ0n) is 15.0. The van der Waals surface area contributed by atoms with Crippen LogP contribution in [-0.4, -0.2) is 30.9 Å². The van der Waals surface area contributed by atoms with Crippen LogP contribution in [0.3, 0.4) is 0 Å². The quantitative estimate of drug-likeness (QED) is 0.761. The number of benzene rings is 1. The van der Waals surface area contributed by atoms with Crippen LogP contribution >= 0.6 is 11.3 Å². The lowest BCUT2D eigenvalue weighted by molar-refractivity contribution is -0.115. The van der Waals surface area contributed by atoms with Crippen molar-refractivity contribution in [2.45, 2.75) is 33.1 Å². The molecule has 134 valence electrons. The van der Waals surface area contributed by atoms with E-state index in [9.17, 15) is 9.59 Å². The molecule has 2 aromatic rings. The number of carbonyl (C=O) groups excluding carboxylic acids is 2. The number of nitrogens with zero attached hydrogens (tertiary/aromatic N) is 1. The molecule has 0 fully saturated rings. The highest BCUT2D eigenvalue weighted by molar-refractivity contribution is 7.09. The second-order valence-corrected chi connectivity index (χ2v) is 6.80. The van der Waals surface area contributed by atoms with E-state index in [1.54, 1.807) is 12.1 Å². The lowest BCUT2D eigenvalue weighted by Gasteiger charge is -2.14. The maximum Gasteiger partial charge on any atom is 0.231 e. The summed E-state index contributed by atoms with van der Waals surface area (Å²) < 4.78 is 10.5. The molecule has 0 atom stereocenters. The first-order valence-corrected chi connectivity index (χ1v) is 8.74. The molecule has 0 radical (unpaired) electrons. The van der Waals surface area contributed by atoms with Gasteiger partial charge < -0.3 is 14.8 Å². The number of methoxy groups -OCH3 is 2. The molecule has 6 nitrogen and oxygen atoms in total. The lowest BCUT2D eigenvalue weighted by atomic mass is 10.1. The first-order chi connectivity index (χ1) is 11.8. The average Bonchev–Trinajstić information content (AvgIpc) is 3.02. The molecule has 0 bridgehead atoms. The first-order valence-electron chi connectivity index (χ1n) is 7.86. The molecule has 0 aliphatic rings.